The van der Waals surface area contributed by atoms with Crippen molar-refractivity contribution in [1.29, 1.82) is 0 Å². The topological polar surface area (TPSA) is 36.9 Å². The molecule has 4 nitrogen and oxygen atoms in total. The van der Waals surface area contributed by atoms with Crippen LogP contribution in [0.1, 0.15) is 65.9 Å². The van der Waals surface area contributed by atoms with E-state index in [0.29, 0.717) is 0 Å². The Morgan fingerprint density at radius 1 is 0.867 bits per heavy atom. The predicted molar refractivity (Wildman–Crippen MR) is 135 cm³/mol. The van der Waals surface area contributed by atoms with Crippen molar-refractivity contribution in [1.82, 2.24) is 14.8 Å². The Morgan fingerprint density at radius 2 is 1.47 bits per heavy atom. The minimum atomic E-state index is 1.14. The molecule has 0 unspecified atom stereocenters. The van der Waals surface area contributed by atoms with E-state index >= 15 is 0 Å². The fourth-order valence-corrected chi connectivity index (χ4v) is 2.16. The average Bonchev–Trinajstić information content (AvgIpc) is 3.50. The zero-order valence-electron chi connectivity index (χ0n) is 20.7. The van der Waals surface area contributed by atoms with Gasteiger partial charge in [-0.15, -0.1) is 0 Å². The van der Waals surface area contributed by atoms with Crippen LogP contribution < -0.4 is 4.90 Å². The maximum atomic E-state index is 3.83. The molecule has 0 atom stereocenters. The Morgan fingerprint density at radius 3 is 1.70 bits per heavy atom. The Kier molecular flexibility index (Phi) is 22.6. The lowest BCUT2D eigenvalue weighted by atomic mass is 10.2. The number of anilines is 1. The first-order valence-corrected chi connectivity index (χ1v) is 11.3. The van der Waals surface area contributed by atoms with Gasteiger partial charge in [-0.3, -0.25) is 4.68 Å². The van der Waals surface area contributed by atoms with E-state index in [4.69, 9.17) is 0 Å². The second-order valence-corrected chi connectivity index (χ2v) is 6.68. The van der Waals surface area contributed by atoms with Crippen molar-refractivity contribution in [2.45, 2.75) is 66.7 Å². The number of rotatable bonds is 5. The summed E-state index contributed by atoms with van der Waals surface area (Å²) in [7, 11) is 5.90. The quantitative estimate of drug-likeness (QED) is 0.443. The van der Waals surface area contributed by atoms with Crippen LogP contribution in [-0.4, -0.2) is 28.9 Å². The maximum absolute atomic E-state index is 3.83. The molecule has 0 aliphatic carbocycles. The molecule has 0 saturated carbocycles. The van der Waals surface area contributed by atoms with Crippen LogP contribution >= 0.6 is 0 Å². The summed E-state index contributed by atoms with van der Waals surface area (Å²) in [5, 5.41) is 3.83. The normalized spacial score (nSPS) is 8.67. The van der Waals surface area contributed by atoms with Crippen molar-refractivity contribution < 1.29 is 0 Å². The highest BCUT2D eigenvalue weighted by atomic mass is 15.2. The lowest BCUT2D eigenvalue weighted by molar-refractivity contribution is 0.702. The second kappa shape index (κ2) is 22.8. The van der Waals surface area contributed by atoms with E-state index in [9.17, 15) is 0 Å². The molecule has 2 heterocycles. The minimum absolute atomic E-state index is 1.14. The van der Waals surface area contributed by atoms with Crippen LogP contribution in [0.15, 0.2) is 67.1 Å². The largest absolute Gasteiger partial charge is 0.364 e. The molecule has 0 spiro atoms. The van der Waals surface area contributed by atoms with Crippen molar-refractivity contribution in [3.05, 3.63) is 72.7 Å². The van der Waals surface area contributed by atoms with Crippen LogP contribution in [0.5, 0.6) is 0 Å². The smallest absolute Gasteiger partial charge is 0.105 e. The Balaban J connectivity index is 0. The molecule has 170 valence electrons. The molecule has 0 amide bonds. The van der Waals surface area contributed by atoms with Crippen LogP contribution in [0, 0.1) is 0 Å². The van der Waals surface area contributed by atoms with Gasteiger partial charge in [-0.1, -0.05) is 90.6 Å². The first-order valence-electron chi connectivity index (χ1n) is 11.3. The molecule has 0 aliphatic rings. The third-order valence-electron chi connectivity index (χ3n) is 3.91. The van der Waals surface area contributed by atoms with Gasteiger partial charge in [0.05, 0.1) is 0 Å². The summed E-state index contributed by atoms with van der Waals surface area (Å²) in [5.74, 6) is 1.14. The third kappa shape index (κ3) is 18.9. The molecule has 3 rings (SSSR count). The standard InChI is InChI=1S/C8H10.C6H10N2.C6H14.C4H6N2.C2H6/c1-2-8-6-4-3-5-7-8;1-8(2)6-4-3-5-7-6;1-3-5-6-4-2;1-6-4-2-3-5-6;1-2/h3-7H,2H2,1H3;3-5,7H,1-2H3;3-6H2,1-2H3;2-4H,1H3;1-2H3. The molecule has 1 N–H and O–H groups in total. The summed E-state index contributed by atoms with van der Waals surface area (Å²) in [5.41, 5.74) is 1.41. The Hall–Kier alpha value is -2.49. The zero-order valence-corrected chi connectivity index (χ0v) is 20.7. The lowest BCUT2D eigenvalue weighted by Crippen LogP contribution is -2.08. The number of unbranched alkanes of at least 4 members (excludes halogenated alkanes) is 3. The summed E-state index contributed by atoms with van der Waals surface area (Å²) in [6.45, 7) is 10.6. The van der Waals surface area contributed by atoms with Crippen LogP contribution in [0.2, 0.25) is 0 Å². The van der Waals surface area contributed by atoms with Gasteiger partial charge in [0.1, 0.15) is 5.82 Å². The molecule has 0 radical (unpaired) electrons. The van der Waals surface area contributed by atoms with Crippen molar-refractivity contribution in [3.63, 3.8) is 0 Å². The zero-order chi connectivity index (χ0) is 23.0. The van der Waals surface area contributed by atoms with Crippen molar-refractivity contribution in [3.8, 4) is 0 Å². The van der Waals surface area contributed by atoms with E-state index in [1.807, 2.05) is 76.5 Å². The van der Waals surface area contributed by atoms with Gasteiger partial charge in [0.25, 0.3) is 0 Å². The van der Waals surface area contributed by atoms with Gasteiger partial charge >= 0.3 is 0 Å². The van der Waals surface area contributed by atoms with Gasteiger partial charge in [0.15, 0.2) is 0 Å². The molecule has 0 saturated heterocycles. The van der Waals surface area contributed by atoms with Gasteiger partial charge < -0.3 is 9.88 Å². The fraction of sp³-hybridized carbons (Fsp3) is 0.500. The fourth-order valence-electron chi connectivity index (χ4n) is 2.16. The number of hydrogen-bond acceptors (Lipinski definition) is 2. The number of aryl methyl sites for hydroxylation is 2. The second-order valence-electron chi connectivity index (χ2n) is 6.68. The van der Waals surface area contributed by atoms with Crippen LogP contribution in [0.25, 0.3) is 0 Å². The van der Waals surface area contributed by atoms with Crippen molar-refractivity contribution in [2.75, 3.05) is 19.0 Å². The molecule has 3 aromatic rings. The highest BCUT2D eigenvalue weighted by molar-refractivity contribution is 5.35. The Labute approximate surface area is 186 Å². The van der Waals surface area contributed by atoms with E-state index in [1.165, 1.54) is 31.2 Å². The number of benzene rings is 1. The summed E-state index contributed by atoms with van der Waals surface area (Å²) < 4.78 is 1.75. The van der Waals surface area contributed by atoms with Gasteiger partial charge in [-0.05, 0) is 30.2 Å². The number of aromatic amines is 1. The SMILES string of the molecule is CC.CCCCCC.CCc1ccccc1.CN(C)c1ccc[nH]1.Cn1cccn1. The molecule has 0 bridgehead atoms. The average molecular weight is 415 g/mol. The molecular weight excluding hydrogens is 368 g/mol. The molecule has 4 heteroatoms. The number of nitrogens with zero attached hydrogens (tertiary/aromatic N) is 3. The summed E-state index contributed by atoms with van der Waals surface area (Å²) >= 11 is 0. The molecule has 30 heavy (non-hydrogen) atoms. The van der Waals surface area contributed by atoms with Gasteiger partial charge in [0, 0.05) is 39.7 Å². The van der Waals surface area contributed by atoms with Crippen LogP contribution in [-0.2, 0) is 13.5 Å². The minimum Gasteiger partial charge on any atom is -0.364 e. The van der Waals surface area contributed by atoms with E-state index in [1.54, 1.807) is 10.9 Å². The van der Waals surface area contributed by atoms with Gasteiger partial charge in [0.2, 0.25) is 0 Å². The summed E-state index contributed by atoms with van der Waals surface area (Å²) in [6.07, 6.45) is 12.2. The van der Waals surface area contributed by atoms with E-state index in [0.717, 1.165) is 12.2 Å². The molecule has 0 aliphatic heterocycles. The molecular formula is C26H46N4. The number of hydrogen-bond donors (Lipinski definition) is 1. The highest BCUT2D eigenvalue weighted by Gasteiger charge is 1.89. The van der Waals surface area contributed by atoms with E-state index in [2.05, 4.69) is 55.1 Å². The van der Waals surface area contributed by atoms with Crippen LogP contribution in [0.4, 0.5) is 5.82 Å². The van der Waals surface area contributed by atoms with Gasteiger partial charge in [-0.2, -0.15) is 5.10 Å². The Bertz CT molecular complexity index is 625. The van der Waals surface area contributed by atoms with Crippen molar-refractivity contribution >= 4 is 5.82 Å². The monoisotopic (exact) mass is 414 g/mol. The third-order valence-corrected chi connectivity index (χ3v) is 3.91. The number of H-pyrrole nitrogens is 1. The number of nitrogens with one attached hydrogen (secondary N) is 1. The number of aromatic nitrogens is 3. The summed E-state index contributed by atoms with van der Waals surface area (Å²) in [6, 6.07) is 16.4. The first-order chi connectivity index (χ1) is 14.5. The van der Waals surface area contributed by atoms with E-state index < -0.39 is 0 Å². The molecule has 2 aromatic heterocycles. The lowest BCUT2D eigenvalue weighted by Gasteiger charge is -2.07. The van der Waals surface area contributed by atoms with Crippen LogP contribution in [0.3, 0.4) is 0 Å². The molecule has 0 fully saturated rings. The first kappa shape index (κ1) is 29.7. The van der Waals surface area contributed by atoms with Gasteiger partial charge in [-0.25, -0.2) is 0 Å². The molecule has 1 aromatic carbocycles. The highest BCUT2D eigenvalue weighted by Crippen LogP contribution is 2.03. The predicted octanol–water partition coefficient (Wildman–Crippen LogP) is 7.36. The van der Waals surface area contributed by atoms with E-state index in [-0.39, 0.29) is 0 Å². The maximum Gasteiger partial charge on any atom is 0.105 e. The van der Waals surface area contributed by atoms with Crippen molar-refractivity contribution in [2.24, 2.45) is 7.05 Å². The summed E-state index contributed by atoms with van der Waals surface area (Å²) in [4.78, 5) is 5.09.